The number of amides is 1. The van der Waals surface area contributed by atoms with Crippen LogP contribution in [0, 0.1) is 0 Å². The summed E-state index contributed by atoms with van der Waals surface area (Å²) < 4.78 is 7.61. The largest absolute Gasteiger partial charge is 0.481 e. The molecule has 1 aromatic rings. The highest BCUT2D eigenvalue weighted by Crippen LogP contribution is 2.22. The monoisotopic (exact) mass is 422 g/mol. The second-order valence-corrected chi connectivity index (χ2v) is 6.65. The van der Waals surface area contributed by atoms with Gasteiger partial charge in [-0.2, -0.15) is 0 Å². The first kappa shape index (κ1) is 23.7. The fourth-order valence-electron chi connectivity index (χ4n) is 3.54. The maximum atomic E-state index is 12.8. The summed E-state index contributed by atoms with van der Waals surface area (Å²) in [5.41, 5.74) is 0. The van der Waals surface area contributed by atoms with E-state index in [0.29, 0.717) is 25.0 Å². The Labute approximate surface area is 171 Å². The zero-order valence-electron chi connectivity index (χ0n) is 15.2. The number of nitrogens with zero attached hydrogens (tertiary/aromatic N) is 3. The summed E-state index contributed by atoms with van der Waals surface area (Å²) in [6, 6.07) is 0.333. The Morgan fingerprint density at radius 2 is 1.85 bits per heavy atom. The van der Waals surface area contributed by atoms with Gasteiger partial charge in [-0.1, -0.05) is 0 Å². The summed E-state index contributed by atoms with van der Waals surface area (Å²) in [6.45, 7) is 3.41. The summed E-state index contributed by atoms with van der Waals surface area (Å²) in [7, 11) is 0. The van der Waals surface area contributed by atoms with E-state index < -0.39 is 5.97 Å². The van der Waals surface area contributed by atoms with Gasteiger partial charge in [0.05, 0.1) is 19.1 Å². The number of likely N-dealkylation sites (tertiary alicyclic amines) is 1. The van der Waals surface area contributed by atoms with Crippen LogP contribution in [0.4, 0.5) is 0 Å². The molecule has 1 amide bonds. The molecule has 154 valence electrons. The van der Waals surface area contributed by atoms with Crippen LogP contribution in [-0.2, 0) is 9.53 Å². The average molecular weight is 423 g/mol. The van der Waals surface area contributed by atoms with Crippen molar-refractivity contribution in [3.63, 3.8) is 0 Å². The van der Waals surface area contributed by atoms with Crippen LogP contribution in [0.25, 0.3) is 0 Å². The standard InChI is InChI=1S/C17H26N4O4.2ClH/c22-15(23)5-12-25-14-3-9-20(10-4-14)17(24)16-19-8-11-21(16)13-1-6-18-7-2-13;;/h8,11,13-14,18H,1-7,9-10,12H2,(H,22,23);2*1H. The van der Waals surface area contributed by atoms with Crippen molar-refractivity contribution >= 4 is 36.7 Å². The minimum atomic E-state index is -0.850. The number of carbonyl (C=O) groups is 2. The van der Waals surface area contributed by atoms with Crippen LogP contribution in [0.15, 0.2) is 12.4 Å². The second-order valence-electron chi connectivity index (χ2n) is 6.65. The van der Waals surface area contributed by atoms with Crippen molar-refractivity contribution in [2.45, 2.75) is 44.2 Å². The van der Waals surface area contributed by atoms with Gasteiger partial charge in [-0.3, -0.25) is 9.59 Å². The molecule has 2 aliphatic heterocycles. The van der Waals surface area contributed by atoms with Crippen LogP contribution in [0.5, 0.6) is 0 Å². The smallest absolute Gasteiger partial charge is 0.305 e. The maximum Gasteiger partial charge on any atom is 0.305 e. The Morgan fingerprint density at radius 3 is 2.48 bits per heavy atom. The molecule has 0 atom stereocenters. The number of carboxylic acids is 1. The third kappa shape index (κ3) is 6.34. The molecule has 3 rings (SSSR count). The van der Waals surface area contributed by atoms with Gasteiger partial charge < -0.3 is 24.6 Å². The highest BCUT2D eigenvalue weighted by Gasteiger charge is 2.28. The molecule has 0 bridgehead atoms. The number of aliphatic carboxylic acids is 1. The minimum absolute atomic E-state index is 0. The normalized spacial score (nSPS) is 18.4. The first-order valence-corrected chi connectivity index (χ1v) is 9.01. The van der Waals surface area contributed by atoms with E-state index in [1.807, 2.05) is 15.7 Å². The number of nitrogens with one attached hydrogen (secondary N) is 1. The first-order chi connectivity index (χ1) is 12.1. The maximum absolute atomic E-state index is 12.8. The molecule has 2 aliphatic rings. The lowest BCUT2D eigenvalue weighted by Crippen LogP contribution is -2.42. The minimum Gasteiger partial charge on any atom is -0.481 e. The Kier molecular flexibility index (Phi) is 10.1. The van der Waals surface area contributed by atoms with Gasteiger partial charge in [0.25, 0.3) is 5.91 Å². The van der Waals surface area contributed by atoms with Crippen LogP contribution >= 0.6 is 24.8 Å². The number of halogens is 2. The van der Waals surface area contributed by atoms with Crippen molar-refractivity contribution in [1.29, 1.82) is 0 Å². The molecule has 2 saturated heterocycles. The lowest BCUT2D eigenvalue weighted by atomic mass is 10.1. The number of ether oxygens (including phenoxy) is 1. The summed E-state index contributed by atoms with van der Waals surface area (Å²) in [5.74, 6) is -0.345. The van der Waals surface area contributed by atoms with E-state index in [2.05, 4.69) is 10.3 Å². The van der Waals surface area contributed by atoms with Crippen molar-refractivity contribution in [3.8, 4) is 0 Å². The van der Waals surface area contributed by atoms with Gasteiger partial charge >= 0.3 is 5.97 Å². The van der Waals surface area contributed by atoms with E-state index in [9.17, 15) is 9.59 Å². The van der Waals surface area contributed by atoms with E-state index in [1.165, 1.54) is 0 Å². The molecule has 8 nitrogen and oxygen atoms in total. The number of hydrogen-bond donors (Lipinski definition) is 2. The predicted octanol–water partition coefficient (Wildman–Crippen LogP) is 1.75. The predicted molar refractivity (Wildman–Crippen MR) is 105 cm³/mol. The van der Waals surface area contributed by atoms with Gasteiger partial charge in [0.15, 0.2) is 5.82 Å². The Hall–Kier alpha value is -1.35. The van der Waals surface area contributed by atoms with Crippen molar-refractivity contribution in [2.24, 2.45) is 0 Å². The Balaban J connectivity index is 0.00000182. The van der Waals surface area contributed by atoms with Gasteiger partial charge in [-0.25, -0.2) is 4.98 Å². The highest BCUT2D eigenvalue weighted by molar-refractivity contribution is 5.91. The number of carboxylic acid groups (broad SMARTS) is 1. The molecule has 0 unspecified atom stereocenters. The quantitative estimate of drug-likeness (QED) is 0.724. The summed E-state index contributed by atoms with van der Waals surface area (Å²) in [6.07, 6.45) is 7.16. The van der Waals surface area contributed by atoms with E-state index in [0.717, 1.165) is 38.8 Å². The van der Waals surface area contributed by atoms with Crippen LogP contribution in [0.2, 0.25) is 0 Å². The van der Waals surface area contributed by atoms with Gasteiger partial charge in [0, 0.05) is 31.5 Å². The van der Waals surface area contributed by atoms with Crippen molar-refractivity contribution in [1.82, 2.24) is 19.8 Å². The Morgan fingerprint density at radius 1 is 1.19 bits per heavy atom. The van der Waals surface area contributed by atoms with E-state index in [-0.39, 0.29) is 49.9 Å². The fourth-order valence-corrected chi connectivity index (χ4v) is 3.54. The molecule has 3 heterocycles. The molecule has 0 aliphatic carbocycles. The summed E-state index contributed by atoms with van der Waals surface area (Å²) >= 11 is 0. The molecule has 1 aromatic heterocycles. The molecule has 0 aromatic carbocycles. The number of aromatic nitrogens is 2. The van der Waals surface area contributed by atoms with Crippen LogP contribution in [0.3, 0.4) is 0 Å². The molecule has 0 radical (unpaired) electrons. The number of imidazole rings is 1. The number of rotatable bonds is 6. The molecule has 2 N–H and O–H groups in total. The third-order valence-electron chi connectivity index (χ3n) is 4.96. The van der Waals surface area contributed by atoms with Gasteiger partial charge in [-0.15, -0.1) is 24.8 Å². The molecule has 0 saturated carbocycles. The van der Waals surface area contributed by atoms with Gasteiger partial charge in [0.1, 0.15) is 0 Å². The zero-order valence-corrected chi connectivity index (χ0v) is 16.8. The number of carbonyl (C=O) groups excluding carboxylic acids is 1. The van der Waals surface area contributed by atoms with E-state index >= 15 is 0 Å². The summed E-state index contributed by atoms with van der Waals surface area (Å²) in [5, 5.41) is 12.0. The third-order valence-corrected chi connectivity index (χ3v) is 4.96. The van der Waals surface area contributed by atoms with Crippen LogP contribution < -0.4 is 5.32 Å². The lowest BCUT2D eigenvalue weighted by molar-refractivity contribution is -0.138. The topological polar surface area (TPSA) is 96.7 Å². The second kappa shape index (κ2) is 11.5. The van der Waals surface area contributed by atoms with E-state index in [1.54, 1.807) is 6.20 Å². The lowest BCUT2D eigenvalue weighted by Gasteiger charge is -2.32. The molecular weight excluding hydrogens is 395 g/mol. The number of hydrogen-bond acceptors (Lipinski definition) is 5. The van der Waals surface area contributed by atoms with Crippen LogP contribution in [-0.4, -0.2) is 70.3 Å². The molecule has 27 heavy (non-hydrogen) atoms. The fraction of sp³-hybridized carbons (Fsp3) is 0.706. The molecule has 10 heteroatoms. The van der Waals surface area contributed by atoms with Crippen molar-refractivity contribution < 1.29 is 19.4 Å². The Bertz CT molecular complexity index is 600. The van der Waals surface area contributed by atoms with Crippen LogP contribution in [0.1, 0.15) is 48.8 Å². The highest BCUT2D eigenvalue weighted by atomic mass is 35.5. The first-order valence-electron chi connectivity index (χ1n) is 9.01. The van der Waals surface area contributed by atoms with Crippen molar-refractivity contribution in [3.05, 3.63) is 18.2 Å². The molecular formula is C17H28Cl2N4O4. The average Bonchev–Trinajstić information content (AvgIpc) is 3.12. The number of piperidine rings is 2. The van der Waals surface area contributed by atoms with Crippen molar-refractivity contribution in [2.75, 3.05) is 32.8 Å². The van der Waals surface area contributed by atoms with E-state index in [4.69, 9.17) is 9.84 Å². The zero-order chi connectivity index (χ0) is 17.6. The van der Waals surface area contributed by atoms with Gasteiger partial charge in [-0.05, 0) is 38.8 Å². The SMILES string of the molecule is Cl.Cl.O=C(O)CCOC1CCN(C(=O)c2nccn2C2CCNCC2)CC1. The molecule has 0 spiro atoms. The molecule has 2 fully saturated rings. The summed E-state index contributed by atoms with van der Waals surface area (Å²) in [4.78, 5) is 29.5. The van der Waals surface area contributed by atoms with Gasteiger partial charge in [0.2, 0.25) is 0 Å².